The Kier molecular flexibility index (Phi) is 4.32. The monoisotopic (exact) mass is 316 g/mol. The van der Waals surface area contributed by atoms with Gasteiger partial charge in [0.2, 0.25) is 6.10 Å². The number of halogens is 2. The Bertz CT molecular complexity index is 727. The summed E-state index contributed by atoms with van der Waals surface area (Å²) >= 11 is 0. The van der Waals surface area contributed by atoms with Gasteiger partial charge >= 0.3 is 0 Å². The van der Waals surface area contributed by atoms with E-state index in [-0.39, 0.29) is 24.1 Å². The third kappa shape index (κ3) is 3.71. The lowest BCUT2D eigenvalue weighted by Gasteiger charge is -2.09. The molecule has 4 nitrogen and oxygen atoms in total. The number of nitrogens with one attached hydrogen (secondary N) is 1. The Hall–Kier alpha value is -2.76. The van der Waals surface area contributed by atoms with E-state index in [9.17, 15) is 13.6 Å². The van der Waals surface area contributed by atoms with Crippen LogP contribution >= 0.6 is 0 Å². The number of hydrogen-bond donors (Lipinski definition) is 1. The molecule has 0 saturated heterocycles. The third-order valence-electron chi connectivity index (χ3n) is 3.52. The van der Waals surface area contributed by atoms with Gasteiger partial charge in [0.05, 0.1) is 5.71 Å². The van der Waals surface area contributed by atoms with Gasteiger partial charge in [0.1, 0.15) is 11.6 Å². The number of amides is 1. The van der Waals surface area contributed by atoms with Crippen molar-refractivity contribution in [3.05, 3.63) is 71.3 Å². The second-order valence-electron chi connectivity index (χ2n) is 5.19. The van der Waals surface area contributed by atoms with E-state index in [0.29, 0.717) is 12.1 Å². The fourth-order valence-corrected chi connectivity index (χ4v) is 2.24. The lowest BCUT2D eigenvalue weighted by atomic mass is 10.0. The van der Waals surface area contributed by atoms with Gasteiger partial charge in [0.15, 0.2) is 0 Å². The molecule has 0 saturated carbocycles. The molecule has 118 valence electrons. The lowest BCUT2D eigenvalue weighted by molar-refractivity contribution is -0.131. The fourth-order valence-electron chi connectivity index (χ4n) is 2.24. The van der Waals surface area contributed by atoms with Crippen LogP contribution in [0.5, 0.6) is 0 Å². The van der Waals surface area contributed by atoms with Gasteiger partial charge in [-0.25, -0.2) is 8.78 Å². The van der Waals surface area contributed by atoms with Gasteiger partial charge in [0.25, 0.3) is 5.91 Å². The standard InChI is InChI=1S/C17H14F2N2O2/c18-13-5-1-11(2-6-13)10-20-17(22)16-9-15(21-23-16)12-3-7-14(19)8-4-12/h1-8,16H,9-10H2,(H,20,22)/t16-/m1/s1. The number of carbonyl (C=O) groups excluding carboxylic acids is 1. The number of rotatable bonds is 4. The van der Waals surface area contributed by atoms with E-state index >= 15 is 0 Å². The van der Waals surface area contributed by atoms with Crippen LogP contribution in [0.2, 0.25) is 0 Å². The van der Waals surface area contributed by atoms with Gasteiger partial charge < -0.3 is 10.2 Å². The molecule has 2 aromatic rings. The van der Waals surface area contributed by atoms with Gasteiger partial charge in [-0.3, -0.25) is 4.79 Å². The first-order chi connectivity index (χ1) is 11.1. The van der Waals surface area contributed by atoms with Gasteiger partial charge in [-0.05, 0) is 35.4 Å². The summed E-state index contributed by atoms with van der Waals surface area (Å²) in [5.74, 6) is -0.950. The zero-order valence-corrected chi connectivity index (χ0v) is 12.1. The molecule has 1 amide bonds. The lowest BCUT2D eigenvalue weighted by Crippen LogP contribution is -2.34. The molecule has 0 unspecified atom stereocenters. The summed E-state index contributed by atoms with van der Waals surface area (Å²) in [5.41, 5.74) is 2.12. The predicted octanol–water partition coefficient (Wildman–Crippen LogP) is 2.77. The molecule has 6 heteroatoms. The van der Waals surface area contributed by atoms with Crippen LogP contribution < -0.4 is 5.32 Å². The smallest absolute Gasteiger partial charge is 0.264 e. The minimum absolute atomic E-state index is 0.283. The molecule has 1 atom stereocenters. The van der Waals surface area contributed by atoms with Crippen LogP contribution in [-0.4, -0.2) is 17.7 Å². The van der Waals surface area contributed by atoms with Crippen molar-refractivity contribution in [1.82, 2.24) is 5.32 Å². The fraction of sp³-hybridized carbons (Fsp3) is 0.176. The first-order valence-corrected chi connectivity index (χ1v) is 7.12. The van der Waals surface area contributed by atoms with Crippen molar-refractivity contribution in [3.8, 4) is 0 Å². The molecule has 3 rings (SSSR count). The molecule has 0 fully saturated rings. The summed E-state index contributed by atoms with van der Waals surface area (Å²) in [6, 6.07) is 11.7. The summed E-state index contributed by atoms with van der Waals surface area (Å²) in [6.45, 7) is 0.283. The Morgan fingerprint density at radius 2 is 1.70 bits per heavy atom. The zero-order valence-electron chi connectivity index (χ0n) is 12.1. The van der Waals surface area contributed by atoms with Crippen molar-refractivity contribution in [2.24, 2.45) is 5.16 Å². The highest BCUT2D eigenvalue weighted by Gasteiger charge is 2.28. The molecule has 0 spiro atoms. The maximum Gasteiger partial charge on any atom is 0.264 e. The average Bonchev–Trinajstić information content (AvgIpc) is 3.05. The van der Waals surface area contributed by atoms with Crippen molar-refractivity contribution < 1.29 is 18.4 Å². The second kappa shape index (κ2) is 6.56. The minimum Gasteiger partial charge on any atom is -0.382 e. The quantitative estimate of drug-likeness (QED) is 0.943. The van der Waals surface area contributed by atoms with Crippen LogP contribution in [0, 0.1) is 11.6 Å². The van der Waals surface area contributed by atoms with Crippen molar-refractivity contribution in [2.45, 2.75) is 19.1 Å². The van der Waals surface area contributed by atoms with E-state index in [1.54, 1.807) is 24.3 Å². The largest absolute Gasteiger partial charge is 0.382 e. The van der Waals surface area contributed by atoms with E-state index in [0.717, 1.165) is 11.1 Å². The molecule has 1 N–H and O–H groups in total. The van der Waals surface area contributed by atoms with Crippen LogP contribution in [-0.2, 0) is 16.2 Å². The first-order valence-electron chi connectivity index (χ1n) is 7.12. The molecule has 1 aliphatic heterocycles. The Morgan fingerprint density at radius 3 is 2.35 bits per heavy atom. The van der Waals surface area contributed by atoms with Crippen LogP contribution in [0.15, 0.2) is 53.7 Å². The Labute approximate surface area is 131 Å². The van der Waals surface area contributed by atoms with Gasteiger partial charge in [-0.2, -0.15) is 0 Å². The molecular weight excluding hydrogens is 302 g/mol. The molecule has 23 heavy (non-hydrogen) atoms. The number of hydrogen-bond acceptors (Lipinski definition) is 3. The maximum atomic E-state index is 12.9. The predicted molar refractivity (Wildman–Crippen MR) is 80.7 cm³/mol. The van der Waals surface area contributed by atoms with E-state index in [4.69, 9.17) is 4.84 Å². The van der Waals surface area contributed by atoms with E-state index in [1.807, 2.05) is 0 Å². The summed E-state index contributed by atoms with van der Waals surface area (Å²) in [4.78, 5) is 17.2. The topological polar surface area (TPSA) is 50.7 Å². The molecule has 0 bridgehead atoms. The highest BCUT2D eigenvalue weighted by Crippen LogP contribution is 2.17. The minimum atomic E-state index is -0.712. The van der Waals surface area contributed by atoms with Crippen LogP contribution in [0.1, 0.15) is 17.5 Å². The van der Waals surface area contributed by atoms with Gasteiger partial charge in [-0.1, -0.05) is 29.4 Å². The van der Waals surface area contributed by atoms with Crippen LogP contribution in [0.3, 0.4) is 0 Å². The number of nitrogens with zero attached hydrogens (tertiary/aromatic N) is 1. The van der Waals surface area contributed by atoms with Crippen molar-refractivity contribution >= 4 is 11.6 Å². The normalized spacial score (nSPS) is 16.6. The van der Waals surface area contributed by atoms with Gasteiger partial charge in [0, 0.05) is 13.0 Å². The van der Waals surface area contributed by atoms with Crippen LogP contribution in [0.25, 0.3) is 0 Å². The van der Waals surface area contributed by atoms with E-state index in [1.165, 1.54) is 24.3 Å². The SMILES string of the molecule is O=C(NCc1ccc(F)cc1)[C@H]1CC(c2ccc(F)cc2)=NO1. The molecule has 2 aromatic carbocycles. The highest BCUT2D eigenvalue weighted by atomic mass is 19.1. The summed E-state index contributed by atoms with van der Waals surface area (Å²) < 4.78 is 25.7. The zero-order chi connectivity index (χ0) is 16.2. The molecular formula is C17H14F2N2O2. The van der Waals surface area contributed by atoms with Gasteiger partial charge in [-0.15, -0.1) is 0 Å². The van der Waals surface area contributed by atoms with Crippen molar-refractivity contribution in [3.63, 3.8) is 0 Å². The first kappa shape index (κ1) is 15.1. The summed E-state index contributed by atoms with van der Waals surface area (Å²) in [5, 5.41) is 6.61. The van der Waals surface area contributed by atoms with Crippen molar-refractivity contribution in [2.75, 3.05) is 0 Å². The summed E-state index contributed by atoms with van der Waals surface area (Å²) in [6.07, 6.45) is -0.392. The number of oxime groups is 1. The number of benzene rings is 2. The Balaban J connectivity index is 1.54. The van der Waals surface area contributed by atoms with E-state index in [2.05, 4.69) is 10.5 Å². The number of carbonyl (C=O) groups is 1. The third-order valence-corrected chi connectivity index (χ3v) is 3.52. The Morgan fingerprint density at radius 1 is 1.09 bits per heavy atom. The summed E-state index contributed by atoms with van der Waals surface area (Å²) in [7, 11) is 0. The molecule has 0 radical (unpaired) electrons. The molecule has 0 aliphatic carbocycles. The van der Waals surface area contributed by atoms with E-state index < -0.39 is 6.10 Å². The molecule has 0 aromatic heterocycles. The van der Waals surface area contributed by atoms with Crippen molar-refractivity contribution in [1.29, 1.82) is 0 Å². The molecule has 1 aliphatic rings. The van der Waals surface area contributed by atoms with Crippen LogP contribution in [0.4, 0.5) is 8.78 Å². The second-order valence-corrected chi connectivity index (χ2v) is 5.19. The maximum absolute atomic E-state index is 12.9. The average molecular weight is 316 g/mol. The molecule has 1 heterocycles. The highest BCUT2D eigenvalue weighted by molar-refractivity contribution is 6.04.